The molecule has 0 saturated carbocycles. The van der Waals surface area contributed by atoms with E-state index < -0.39 is 5.97 Å². The summed E-state index contributed by atoms with van der Waals surface area (Å²) in [7, 11) is 0. The van der Waals surface area contributed by atoms with E-state index in [4.69, 9.17) is 5.11 Å². The molecule has 0 bridgehead atoms. The summed E-state index contributed by atoms with van der Waals surface area (Å²) in [5.41, 5.74) is 0.690. The molecule has 2 aromatic rings. The van der Waals surface area contributed by atoms with Crippen LogP contribution in [-0.2, 0) is 0 Å². The molecule has 0 aliphatic rings. The molecular formula is C9H9ClN4O2. The van der Waals surface area contributed by atoms with Crippen LogP contribution in [0.5, 0.6) is 0 Å². The number of carbonyl (C=O) groups is 1. The van der Waals surface area contributed by atoms with Crippen LogP contribution in [0.3, 0.4) is 0 Å². The van der Waals surface area contributed by atoms with Crippen molar-refractivity contribution in [3.05, 3.63) is 36.2 Å². The Hall–Kier alpha value is -1.95. The number of carboxylic acid groups (broad SMARTS) is 1. The van der Waals surface area contributed by atoms with Crippen molar-refractivity contribution >= 4 is 18.4 Å². The van der Waals surface area contributed by atoms with Gasteiger partial charge >= 0.3 is 5.97 Å². The summed E-state index contributed by atoms with van der Waals surface area (Å²) in [6, 6.07) is 3.53. The van der Waals surface area contributed by atoms with E-state index in [0.717, 1.165) is 0 Å². The van der Waals surface area contributed by atoms with Crippen LogP contribution in [0.25, 0.3) is 5.69 Å². The highest BCUT2D eigenvalue weighted by atomic mass is 35.5. The molecule has 84 valence electrons. The average Bonchev–Trinajstić information content (AvgIpc) is 2.62. The summed E-state index contributed by atoms with van der Waals surface area (Å²) in [5.74, 6) is -0.836. The third kappa shape index (κ3) is 2.17. The molecule has 0 aliphatic heterocycles. The van der Waals surface area contributed by atoms with Gasteiger partial charge in [0.05, 0.1) is 11.9 Å². The quantitative estimate of drug-likeness (QED) is 0.850. The van der Waals surface area contributed by atoms with E-state index in [1.807, 2.05) is 0 Å². The minimum absolute atomic E-state index is 0. The summed E-state index contributed by atoms with van der Waals surface area (Å²) in [6.07, 6.45) is 3.22. The maximum atomic E-state index is 10.6. The van der Waals surface area contributed by atoms with E-state index in [1.165, 1.54) is 4.68 Å². The van der Waals surface area contributed by atoms with Gasteiger partial charge in [0.1, 0.15) is 5.82 Å². The molecule has 0 aromatic carbocycles. The number of hydrogen-bond acceptors (Lipinski definition) is 4. The Morgan fingerprint density at radius 2 is 2.25 bits per heavy atom. The number of carboxylic acids is 1. The molecule has 0 saturated heterocycles. The largest absolute Gasteiger partial charge is 0.475 e. The molecule has 0 fully saturated rings. The maximum absolute atomic E-state index is 10.6. The summed E-state index contributed by atoms with van der Waals surface area (Å²) < 4.78 is 1.44. The number of aromatic carboxylic acids is 1. The number of aryl methyl sites for hydroxylation is 1. The molecule has 2 rings (SSSR count). The molecule has 2 aromatic heterocycles. The van der Waals surface area contributed by atoms with Gasteiger partial charge in [0.25, 0.3) is 5.82 Å². The zero-order valence-electron chi connectivity index (χ0n) is 8.36. The highest BCUT2D eigenvalue weighted by molar-refractivity contribution is 5.85. The SMILES string of the molecule is Cc1nc(C(=O)O)nn1-c1cccnc1.Cl. The van der Waals surface area contributed by atoms with Crippen molar-refractivity contribution in [1.82, 2.24) is 19.7 Å². The van der Waals surface area contributed by atoms with Crippen LogP contribution in [-0.4, -0.2) is 30.8 Å². The smallest absolute Gasteiger partial charge is 0.375 e. The Balaban J connectivity index is 0.00000128. The molecule has 0 unspecified atom stereocenters. The van der Waals surface area contributed by atoms with Crippen molar-refractivity contribution in [1.29, 1.82) is 0 Å². The number of pyridine rings is 1. The molecule has 16 heavy (non-hydrogen) atoms. The van der Waals surface area contributed by atoms with Crippen molar-refractivity contribution in [3.63, 3.8) is 0 Å². The minimum Gasteiger partial charge on any atom is -0.475 e. The number of hydrogen-bond donors (Lipinski definition) is 1. The molecular weight excluding hydrogens is 232 g/mol. The van der Waals surface area contributed by atoms with E-state index >= 15 is 0 Å². The van der Waals surface area contributed by atoms with Crippen molar-refractivity contribution in [2.24, 2.45) is 0 Å². The molecule has 1 N–H and O–H groups in total. The van der Waals surface area contributed by atoms with Crippen molar-refractivity contribution < 1.29 is 9.90 Å². The minimum atomic E-state index is -1.14. The first-order valence-electron chi connectivity index (χ1n) is 4.26. The Kier molecular flexibility index (Phi) is 3.57. The van der Waals surface area contributed by atoms with E-state index in [1.54, 1.807) is 31.5 Å². The Labute approximate surface area is 97.4 Å². The van der Waals surface area contributed by atoms with Crippen LogP contribution in [0.15, 0.2) is 24.5 Å². The van der Waals surface area contributed by atoms with E-state index in [-0.39, 0.29) is 18.2 Å². The van der Waals surface area contributed by atoms with Crippen LogP contribution in [0.1, 0.15) is 16.4 Å². The second-order valence-electron chi connectivity index (χ2n) is 2.91. The van der Waals surface area contributed by atoms with Crippen LogP contribution in [0.2, 0.25) is 0 Å². The Morgan fingerprint density at radius 1 is 1.50 bits per heavy atom. The number of nitrogens with zero attached hydrogens (tertiary/aromatic N) is 4. The number of rotatable bonds is 2. The molecule has 0 amide bonds. The molecule has 0 aliphatic carbocycles. The Morgan fingerprint density at radius 3 is 2.75 bits per heavy atom. The molecule has 7 heteroatoms. The highest BCUT2D eigenvalue weighted by Crippen LogP contribution is 2.07. The lowest BCUT2D eigenvalue weighted by molar-refractivity contribution is 0.0683. The first-order chi connectivity index (χ1) is 7.18. The van der Waals surface area contributed by atoms with E-state index in [9.17, 15) is 4.79 Å². The monoisotopic (exact) mass is 240 g/mol. The second kappa shape index (κ2) is 4.71. The third-order valence-corrected chi connectivity index (χ3v) is 1.85. The zero-order valence-corrected chi connectivity index (χ0v) is 9.18. The summed E-state index contributed by atoms with van der Waals surface area (Å²) in [5, 5.41) is 12.6. The van der Waals surface area contributed by atoms with Crippen molar-refractivity contribution in [2.75, 3.05) is 0 Å². The van der Waals surface area contributed by atoms with Gasteiger partial charge in [0, 0.05) is 6.20 Å². The highest BCUT2D eigenvalue weighted by Gasteiger charge is 2.13. The van der Waals surface area contributed by atoms with Crippen molar-refractivity contribution in [2.45, 2.75) is 6.92 Å². The molecule has 0 radical (unpaired) electrons. The summed E-state index contributed by atoms with van der Waals surface area (Å²) >= 11 is 0. The lowest BCUT2D eigenvalue weighted by Gasteiger charge is -1.99. The van der Waals surface area contributed by atoms with Crippen LogP contribution >= 0.6 is 12.4 Å². The molecule has 0 atom stereocenters. The Bertz CT molecular complexity index is 497. The molecule has 0 spiro atoms. The van der Waals surface area contributed by atoms with E-state index in [2.05, 4.69) is 15.1 Å². The topological polar surface area (TPSA) is 80.9 Å². The fourth-order valence-corrected chi connectivity index (χ4v) is 1.20. The normalized spacial score (nSPS) is 9.56. The fraction of sp³-hybridized carbons (Fsp3) is 0.111. The first kappa shape index (κ1) is 12.1. The molecule has 6 nitrogen and oxygen atoms in total. The predicted molar refractivity (Wildman–Crippen MR) is 58.1 cm³/mol. The zero-order chi connectivity index (χ0) is 10.8. The van der Waals surface area contributed by atoms with Gasteiger partial charge in [-0.05, 0) is 19.1 Å². The number of aromatic nitrogens is 4. The average molecular weight is 241 g/mol. The van der Waals surface area contributed by atoms with Gasteiger partial charge < -0.3 is 5.11 Å². The lowest BCUT2D eigenvalue weighted by Crippen LogP contribution is -2.02. The molecule has 2 heterocycles. The number of halogens is 1. The summed E-state index contributed by atoms with van der Waals surface area (Å²) in [6.45, 7) is 1.69. The van der Waals surface area contributed by atoms with Gasteiger partial charge in [-0.2, -0.15) is 0 Å². The van der Waals surface area contributed by atoms with Crippen LogP contribution in [0.4, 0.5) is 0 Å². The lowest BCUT2D eigenvalue weighted by atomic mass is 10.4. The van der Waals surface area contributed by atoms with Gasteiger partial charge in [-0.3, -0.25) is 4.98 Å². The van der Waals surface area contributed by atoms with Crippen molar-refractivity contribution in [3.8, 4) is 5.69 Å². The van der Waals surface area contributed by atoms with Crippen LogP contribution < -0.4 is 0 Å². The van der Waals surface area contributed by atoms with E-state index in [0.29, 0.717) is 11.5 Å². The fourth-order valence-electron chi connectivity index (χ4n) is 1.20. The predicted octanol–water partition coefficient (Wildman–Crippen LogP) is 1.09. The maximum Gasteiger partial charge on any atom is 0.375 e. The van der Waals surface area contributed by atoms with Gasteiger partial charge in [0.15, 0.2) is 0 Å². The van der Waals surface area contributed by atoms with Gasteiger partial charge in [-0.25, -0.2) is 14.5 Å². The summed E-state index contributed by atoms with van der Waals surface area (Å²) in [4.78, 5) is 18.4. The second-order valence-corrected chi connectivity index (χ2v) is 2.91. The van der Waals surface area contributed by atoms with Gasteiger partial charge in [-0.15, -0.1) is 17.5 Å². The van der Waals surface area contributed by atoms with Crippen LogP contribution in [0, 0.1) is 6.92 Å². The standard InChI is InChI=1S/C9H8N4O2.ClH/c1-6-11-8(9(14)15)12-13(6)7-3-2-4-10-5-7;/h2-5H,1H3,(H,14,15);1H. The first-order valence-corrected chi connectivity index (χ1v) is 4.26. The van der Waals surface area contributed by atoms with Gasteiger partial charge in [-0.1, -0.05) is 0 Å². The third-order valence-electron chi connectivity index (χ3n) is 1.85. The van der Waals surface area contributed by atoms with Gasteiger partial charge in [0.2, 0.25) is 0 Å².